The molecule has 0 amide bonds. The van der Waals surface area contributed by atoms with Crippen molar-refractivity contribution in [3.63, 3.8) is 0 Å². The fraction of sp³-hybridized carbons (Fsp3) is 0.0667. The van der Waals surface area contributed by atoms with Crippen LogP contribution in [0.3, 0.4) is 0 Å². The Kier molecular flexibility index (Phi) is 6.73. The molecule has 2 aromatic carbocycles. The topological polar surface area (TPSA) is 71.5 Å². The number of aromatic nitrogens is 2. The Morgan fingerprint density at radius 3 is 2.43 bits per heavy atom. The molecule has 1 aromatic heterocycles. The number of nitrogens with zero attached hydrogens (tertiary/aromatic N) is 3. The zero-order valence-electron chi connectivity index (χ0n) is 12.4. The SMILES string of the molecule is COOS[N-]c1ccccc1-c1nnc(-c2ccccc2)o1.[Zn]. The maximum Gasteiger partial charge on any atom is 0.248 e. The summed E-state index contributed by atoms with van der Waals surface area (Å²) in [7, 11) is 1.42. The molecule has 6 nitrogen and oxygen atoms in total. The quantitative estimate of drug-likeness (QED) is 0.156. The molecule has 0 spiro atoms. The molecule has 0 atom stereocenters. The first-order chi connectivity index (χ1) is 10.9. The molecule has 0 unspecified atom stereocenters. The maximum atomic E-state index is 5.74. The first-order valence-corrected chi connectivity index (χ1v) is 7.14. The minimum Gasteiger partial charge on any atom is -0.604 e. The summed E-state index contributed by atoms with van der Waals surface area (Å²) in [4.78, 5) is 4.49. The second-order valence-corrected chi connectivity index (χ2v) is 4.66. The number of hydrogen-bond acceptors (Lipinski definition) is 6. The molecular weight excluding hydrogens is 368 g/mol. The van der Waals surface area contributed by atoms with Gasteiger partial charge in [-0.15, -0.1) is 15.9 Å². The maximum absolute atomic E-state index is 5.74. The zero-order valence-corrected chi connectivity index (χ0v) is 16.2. The Labute approximate surface area is 150 Å². The van der Waals surface area contributed by atoms with Gasteiger partial charge in [0.1, 0.15) is 0 Å². The van der Waals surface area contributed by atoms with Crippen molar-refractivity contribution in [3.8, 4) is 22.9 Å². The Morgan fingerprint density at radius 2 is 1.65 bits per heavy atom. The van der Waals surface area contributed by atoms with E-state index in [0.29, 0.717) is 17.5 Å². The van der Waals surface area contributed by atoms with Crippen LogP contribution in [0.4, 0.5) is 5.69 Å². The van der Waals surface area contributed by atoms with E-state index in [4.69, 9.17) is 4.42 Å². The van der Waals surface area contributed by atoms with Crippen LogP contribution in [0.2, 0.25) is 0 Å². The average molecular weight is 380 g/mol. The van der Waals surface area contributed by atoms with Gasteiger partial charge < -0.3 is 9.14 Å². The Hall–Kier alpha value is -1.73. The number of benzene rings is 2. The predicted molar refractivity (Wildman–Crippen MR) is 83.9 cm³/mol. The first kappa shape index (κ1) is 17.6. The van der Waals surface area contributed by atoms with Gasteiger partial charge in [0.05, 0.1) is 7.11 Å². The molecule has 0 aliphatic rings. The van der Waals surface area contributed by atoms with E-state index in [0.717, 1.165) is 23.4 Å². The Morgan fingerprint density at radius 1 is 0.957 bits per heavy atom. The van der Waals surface area contributed by atoms with Crippen molar-refractivity contribution in [2.45, 2.75) is 0 Å². The molecule has 0 N–H and O–H groups in total. The van der Waals surface area contributed by atoms with E-state index in [9.17, 15) is 0 Å². The van der Waals surface area contributed by atoms with Crippen molar-refractivity contribution < 1.29 is 33.1 Å². The molecule has 23 heavy (non-hydrogen) atoms. The molecule has 0 aliphatic carbocycles. The van der Waals surface area contributed by atoms with Crippen LogP contribution in [0.25, 0.3) is 27.6 Å². The van der Waals surface area contributed by atoms with E-state index in [1.54, 1.807) is 0 Å². The molecule has 3 rings (SSSR count). The molecule has 0 saturated carbocycles. The molecule has 8 heteroatoms. The average Bonchev–Trinajstić information content (AvgIpc) is 3.06. The first-order valence-electron chi connectivity index (χ1n) is 6.44. The van der Waals surface area contributed by atoms with Crippen molar-refractivity contribution >= 4 is 17.9 Å². The van der Waals surface area contributed by atoms with Gasteiger partial charge in [-0.2, -0.15) is 4.33 Å². The van der Waals surface area contributed by atoms with E-state index in [2.05, 4.69) is 24.1 Å². The van der Waals surface area contributed by atoms with Crippen LogP contribution in [-0.2, 0) is 28.7 Å². The summed E-state index contributed by atoms with van der Waals surface area (Å²) in [6.07, 6.45) is 0. The summed E-state index contributed by atoms with van der Waals surface area (Å²) < 4.78 is 14.6. The van der Waals surface area contributed by atoms with E-state index in [1.165, 1.54) is 7.11 Å². The molecular formula is C15H12N3O3SZn-. The van der Waals surface area contributed by atoms with Crippen LogP contribution in [0, 0.1) is 0 Å². The molecule has 0 aliphatic heterocycles. The zero-order chi connectivity index (χ0) is 15.2. The molecule has 3 aromatic rings. The van der Waals surface area contributed by atoms with Crippen LogP contribution < -0.4 is 0 Å². The molecule has 0 radical (unpaired) electrons. The van der Waals surface area contributed by atoms with Crippen molar-refractivity contribution in [1.29, 1.82) is 0 Å². The van der Waals surface area contributed by atoms with Gasteiger partial charge in [-0.05, 0) is 12.1 Å². The second kappa shape index (κ2) is 8.79. The summed E-state index contributed by atoms with van der Waals surface area (Å²) in [5.41, 5.74) is 2.25. The van der Waals surface area contributed by atoms with Crippen LogP contribution in [0.1, 0.15) is 0 Å². The van der Waals surface area contributed by atoms with E-state index >= 15 is 0 Å². The van der Waals surface area contributed by atoms with E-state index in [1.807, 2.05) is 54.6 Å². The van der Waals surface area contributed by atoms with Crippen molar-refractivity contribution in [1.82, 2.24) is 10.2 Å². The van der Waals surface area contributed by atoms with Gasteiger partial charge in [-0.3, -0.25) is 0 Å². The van der Waals surface area contributed by atoms with E-state index < -0.39 is 0 Å². The minimum absolute atomic E-state index is 0. The molecule has 0 saturated heterocycles. The van der Waals surface area contributed by atoms with Crippen LogP contribution >= 0.6 is 12.2 Å². The van der Waals surface area contributed by atoms with Crippen LogP contribution in [0.15, 0.2) is 59.0 Å². The van der Waals surface area contributed by atoms with Gasteiger partial charge in [-0.1, -0.05) is 54.7 Å². The third-order valence-corrected chi connectivity index (χ3v) is 3.28. The monoisotopic (exact) mass is 378 g/mol. The summed E-state index contributed by atoms with van der Waals surface area (Å²) in [6.45, 7) is 0. The molecule has 114 valence electrons. The van der Waals surface area contributed by atoms with Gasteiger partial charge in [-0.25, -0.2) is 4.89 Å². The van der Waals surface area contributed by atoms with Gasteiger partial charge >= 0.3 is 0 Å². The summed E-state index contributed by atoms with van der Waals surface area (Å²) in [6, 6.07) is 17.0. The third kappa shape index (κ3) is 4.39. The molecule has 0 fully saturated rings. The van der Waals surface area contributed by atoms with Gasteiger partial charge in [0.2, 0.25) is 11.8 Å². The van der Waals surface area contributed by atoms with Gasteiger partial charge in [0.15, 0.2) is 0 Å². The standard InChI is InChI=1S/C15H12N3O3S.Zn/c1-19-21-22-18-13-10-6-5-9-12(13)15-17-16-14(20-15)11-7-3-2-4-8-11;/h2-10H,1H3;/q-1;. The van der Waals surface area contributed by atoms with Crippen molar-refractivity contribution in [2.24, 2.45) is 0 Å². The Balaban J connectivity index is 0.00000192. The van der Waals surface area contributed by atoms with Crippen molar-refractivity contribution in [3.05, 3.63) is 59.3 Å². The predicted octanol–water partition coefficient (Wildman–Crippen LogP) is 4.55. The fourth-order valence-corrected chi connectivity index (χ4v) is 2.18. The summed E-state index contributed by atoms with van der Waals surface area (Å²) in [5, 5.41) is 8.17. The number of rotatable bonds is 6. The summed E-state index contributed by atoms with van der Waals surface area (Å²) >= 11 is 0.831. The Bertz CT molecular complexity index is 740. The third-order valence-electron chi connectivity index (χ3n) is 2.81. The molecule has 1 heterocycles. The van der Waals surface area contributed by atoms with Crippen LogP contribution in [0.5, 0.6) is 0 Å². The van der Waals surface area contributed by atoms with Gasteiger partial charge in [0, 0.05) is 30.6 Å². The fourth-order valence-electron chi connectivity index (χ4n) is 1.85. The smallest absolute Gasteiger partial charge is 0.248 e. The number of hydrogen-bond donors (Lipinski definition) is 0. The largest absolute Gasteiger partial charge is 0.604 e. The second-order valence-electron chi connectivity index (χ2n) is 4.20. The van der Waals surface area contributed by atoms with Crippen molar-refractivity contribution in [2.75, 3.05) is 7.11 Å². The van der Waals surface area contributed by atoms with Gasteiger partial charge in [0.25, 0.3) is 0 Å². The minimum atomic E-state index is 0. The normalized spacial score (nSPS) is 10.1. The molecule has 0 bridgehead atoms. The van der Waals surface area contributed by atoms with E-state index in [-0.39, 0.29) is 19.5 Å². The summed E-state index contributed by atoms with van der Waals surface area (Å²) in [5.74, 6) is 0.863. The van der Waals surface area contributed by atoms with Crippen LogP contribution in [-0.4, -0.2) is 17.3 Å².